The van der Waals surface area contributed by atoms with Gasteiger partial charge in [-0.05, 0) is 30.9 Å². The first-order chi connectivity index (χ1) is 8.59. The number of fused-ring (bicyclic) bond motifs is 3. The van der Waals surface area contributed by atoms with Gasteiger partial charge in [-0.25, -0.2) is 0 Å². The Bertz CT molecular complexity index is 639. The predicted octanol–water partition coefficient (Wildman–Crippen LogP) is 2.68. The fourth-order valence-corrected chi connectivity index (χ4v) is 3.24. The molecule has 1 unspecified atom stereocenters. The first kappa shape index (κ1) is 11.3. The molecule has 3 rings (SSSR count). The maximum Gasteiger partial charge on any atom is 0.306 e. The molecule has 1 atom stereocenters. The van der Waals surface area contributed by atoms with Crippen molar-refractivity contribution in [3.05, 3.63) is 35.0 Å². The lowest BCUT2D eigenvalue weighted by atomic mass is 9.87. The van der Waals surface area contributed by atoms with E-state index in [0.717, 1.165) is 12.8 Å². The zero-order valence-electron chi connectivity index (χ0n) is 10.7. The second kappa shape index (κ2) is 3.87. The number of rotatable bonds is 1. The first-order valence-electron chi connectivity index (χ1n) is 6.38. The molecular formula is C15H17NO2. The van der Waals surface area contributed by atoms with Gasteiger partial charge in [0.15, 0.2) is 0 Å². The molecule has 0 saturated heterocycles. The number of para-hydroxylation sites is 1. The molecule has 0 aliphatic heterocycles. The zero-order chi connectivity index (χ0) is 12.9. The van der Waals surface area contributed by atoms with Gasteiger partial charge in [-0.2, -0.15) is 0 Å². The number of aryl methyl sites for hydroxylation is 3. The smallest absolute Gasteiger partial charge is 0.306 e. The quantitative estimate of drug-likeness (QED) is 0.836. The Morgan fingerprint density at radius 1 is 1.44 bits per heavy atom. The van der Waals surface area contributed by atoms with E-state index in [2.05, 4.69) is 36.7 Å². The molecule has 18 heavy (non-hydrogen) atoms. The molecule has 2 aromatic rings. The van der Waals surface area contributed by atoms with E-state index in [1.165, 1.54) is 27.7 Å². The van der Waals surface area contributed by atoms with Gasteiger partial charge in [0.2, 0.25) is 0 Å². The Kier molecular flexibility index (Phi) is 2.44. The maximum absolute atomic E-state index is 11.1. The Labute approximate surface area is 106 Å². The van der Waals surface area contributed by atoms with Crippen LogP contribution in [-0.4, -0.2) is 15.6 Å². The highest BCUT2D eigenvalue weighted by atomic mass is 16.4. The van der Waals surface area contributed by atoms with Gasteiger partial charge in [0.1, 0.15) is 0 Å². The van der Waals surface area contributed by atoms with Crippen molar-refractivity contribution in [3.63, 3.8) is 0 Å². The summed E-state index contributed by atoms with van der Waals surface area (Å²) < 4.78 is 2.19. The summed E-state index contributed by atoms with van der Waals surface area (Å²) in [5.41, 5.74) is 5.08. The summed E-state index contributed by atoms with van der Waals surface area (Å²) >= 11 is 0. The fraction of sp³-hybridized carbons (Fsp3) is 0.400. The topological polar surface area (TPSA) is 42.2 Å². The second-order valence-corrected chi connectivity index (χ2v) is 5.23. The minimum absolute atomic E-state index is 0.221. The third kappa shape index (κ3) is 1.47. The van der Waals surface area contributed by atoms with E-state index in [-0.39, 0.29) is 5.92 Å². The van der Waals surface area contributed by atoms with Crippen LogP contribution in [0.4, 0.5) is 0 Å². The van der Waals surface area contributed by atoms with Crippen LogP contribution < -0.4 is 0 Å². The van der Waals surface area contributed by atoms with E-state index in [0.29, 0.717) is 6.42 Å². The van der Waals surface area contributed by atoms with Crippen LogP contribution in [0, 0.1) is 12.8 Å². The van der Waals surface area contributed by atoms with Gasteiger partial charge in [0, 0.05) is 24.5 Å². The number of carboxylic acid groups (broad SMARTS) is 1. The standard InChI is InChI=1S/C15H17NO2/c1-9-4-3-5-12-11-7-6-10(15(17)18)8-13(11)16(2)14(9)12/h3-5,10H,6-8H2,1-2H3,(H,17,18). The number of carbonyl (C=O) groups is 1. The summed E-state index contributed by atoms with van der Waals surface area (Å²) in [7, 11) is 2.05. The van der Waals surface area contributed by atoms with E-state index in [4.69, 9.17) is 0 Å². The minimum atomic E-state index is -0.664. The number of nitrogens with zero attached hydrogens (tertiary/aromatic N) is 1. The van der Waals surface area contributed by atoms with Gasteiger partial charge in [-0.1, -0.05) is 18.2 Å². The summed E-state index contributed by atoms with van der Waals surface area (Å²) in [4.78, 5) is 11.1. The van der Waals surface area contributed by atoms with Crippen LogP contribution in [0.1, 0.15) is 23.2 Å². The first-order valence-corrected chi connectivity index (χ1v) is 6.38. The second-order valence-electron chi connectivity index (χ2n) is 5.23. The van der Waals surface area contributed by atoms with Crippen molar-refractivity contribution in [2.24, 2.45) is 13.0 Å². The predicted molar refractivity (Wildman–Crippen MR) is 70.8 cm³/mol. The van der Waals surface area contributed by atoms with E-state index in [1.807, 2.05) is 0 Å². The Morgan fingerprint density at radius 2 is 2.22 bits per heavy atom. The van der Waals surface area contributed by atoms with Crippen molar-refractivity contribution in [1.82, 2.24) is 4.57 Å². The van der Waals surface area contributed by atoms with E-state index >= 15 is 0 Å². The minimum Gasteiger partial charge on any atom is -0.481 e. The molecule has 0 amide bonds. The van der Waals surface area contributed by atoms with Crippen molar-refractivity contribution in [1.29, 1.82) is 0 Å². The number of aromatic nitrogens is 1. The van der Waals surface area contributed by atoms with Crippen LogP contribution in [0.3, 0.4) is 0 Å². The average Bonchev–Trinajstić information content (AvgIpc) is 2.64. The Morgan fingerprint density at radius 3 is 2.94 bits per heavy atom. The molecule has 1 aliphatic carbocycles. The maximum atomic E-state index is 11.1. The monoisotopic (exact) mass is 243 g/mol. The van der Waals surface area contributed by atoms with Crippen LogP contribution in [0.25, 0.3) is 10.9 Å². The van der Waals surface area contributed by atoms with Crippen LogP contribution >= 0.6 is 0 Å². The molecule has 1 N–H and O–H groups in total. The lowest BCUT2D eigenvalue weighted by Crippen LogP contribution is -2.23. The summed E-state index contributed by atoms with van der Waals surface area (Å²) in [5, 5.41) is 10.5. The third-order valence-electron chi connectivity index (χ3n) is 4.18. The Hall–Kier alpha value is -1.77. The SMILES string of the molecule is Cc1cccc2c3c(n(C)c12)CC(C(=O)O)CC3. The fourth-order valence-electron chi connectivity index (χ4n) is 3.24. The molecule has 1 aromatic carbocycles. The van der Waals surface area contributed by atoms with Crippen molar-refractivity contribution in [2.45, 2.75) is 26.2 Å². The van der Waals surface area contributed by atoms with Crippen LogP contribution in [0.5, 0.6) is 0 Å². The molecule has 3 heteroatoms. The molecule has 1 aromatic heterocycles. The van der Waals surface area contributed by atoms with E-state index in [1.54, 1.807) is 0 Å². The number of benzene rings is 1. The highest BCUT2D eigenvalue weighted by Gasteiger charge is 2.28. The molecule has 0 saturated carbocycles. The van der Waals surface area contributed by atoms with E-state index in [9.17, 15) is 9.90 Å². The van der Waals surface area contributed by atoms with Crippen LogP contribution in [-0.2, 0) is 24.7 Å². The number of aliphatic carboxylic acids is 1. The lowest BCUT2D eigenvalue weighted by Gasteiger charge is -2.20. The van der Waals surface area contributed by atoms with Gasteiger partial charge in [-0.15, -0.1) is 0 Å². The molecule has 94 valence electrons. The lowest BCUT2D eigenvalue weighted by molar-refractivity contribution is -0.142. The molecular weight excluding hydrogens is 226 g/mol. The van der Waals surface area contributed by atoms with Crippen molar-refractivity contribution >= 4 is 16.9 Å². The summed E-state index contributed by atoms with van der Waals surface area (Å²) in [6.07, 6.45) is 2.30. The Balaban J connectivity index is 2.22. The summed E-state index contributed by atoms with van der Waals surface area (Å²) in [5.74, 6) is -0.886. The summed E-state index contributed by atoms with van der Waals surface area (Å²) in [6, 6.07) is 6.35. The number of carboxylic acids is 1. The highest BCUT2D eigenvalue weighted by molar-refractivity contribution is 5.88. The average molecular weight is 243 g/mol. The molecule has 1 heterocycles. The van der Waals surface area contributed by atoms with Crippen molar-refractivity contribution in [3.8, 4) is 0 Å². The van der Waals surface area contributed by atoms with Gasteiger partial charge < -0.3 is 9.67 Å². The molecule has 0 spiro atoms. The zero-order valence-corrected chi connectivity index (χ0v) is 10.7. The van der Waals surface area contributed by atoms with Crippen molar-refractivity contribution in [2.75, 3.05) is 0 Å². The largest absolute Gasteiger partial charge is 0.481 e. The van der Waals surface area contributed by atoms with Gasteiger partial charge >= 0.3 is 5.97 Å². The van der Waals surface area contributed by atoms with Gasteiger partial charge in [-0.3, -0.25) is 4.79 Å². The number of hydrogen-bond acceptors (Lipinski definition) is 1. The van der Waals surface area contributed by atoms with Gasteiger partial charge in [0.25, 0.3) is 0 Å². The van der Waals surface area contributed by atoms with Crippen LogP contribution in [0.15, 0.2) is 18.2 Å². The summed E-state index contributed by atoms with van der Waals surface area (Å²) in [6.45, 7) is 2.11. The van der Waals surface area contributed by atoms with E-state index < -0.39 is 5.97 Å². The van der Waals surface area contributed by atoms with Gasteiger partial charge in [0.05, 0.1) is 11.4 Å². The highest BCUT2D eigenvalue weighted by Crippen LogP contribution is 2.34. The molecule has 0 bridgehead atoms. The van der Waals surface area contributed by atoms with Crippen LogP contribution in [0.2, 0.25) is 0 Å². The number of hydrogen-bond donors (Lipinski definition) is 1. The molecule has 0 radical (unpaired) electrons. The molecule has 0 fully saturated rings. The molecule has 1 aliphatic rings. The molecule has 3 nitrogen and oxygen atoms in total. The third-order valence-corrected chi connectivity index (χ3v) is 4.18. The van der Waals surface area contributed by atoms with Crippen molar-refractivity contribution < 1.29 is 9.90 Å². The normalized spacial score (nSPS) is 18.9.